The van der Waals surface area contributed by atoms with Crippen molar-refractivity contribution in [1.29, 1.82) is 0 Å². The van der Waals surface area contributed by atoms with E-state index in [1.165, 1.54) is 6.07 Å². The highest BCUT2D eigenvalue weighted by molar-refractivity contribution is 6.06. The third kappa shape index (κ3) is 2.35. The Bertz CT molecular complexity index is 1200. The molecule has 118 valence electrons. The molecule has 24 heavy (non-hydrogen) atoms. The molecule has 8 nitrogen and oxygen atoms in total. The van der Waals surface area contributed by atoms with Crippen LogP contribution in [-0.2, 0) is 0 Å². The summed E-state index contributed by atoms with van der Waals surface area (Å²) in [5.41, 5.74) is 1.14. The Morgan fingerprint density at radius 1 is 0.917 bits per heavy atom. The van der Waals surface area contributed by atoms with Crippen LogP contribution in [0.5, 0.6) is 0 Å². The van der Waals surface area contributed by atoms with Crippen molar-refractivity contribution in [2.24, 2.45) is 0 Å². The van der Waals surface area contributed by atoms with Gasteiger partial charge in [0.05, 0.1) is 22.7 Å². The molecule has 4 N–H and O–H groups in total. The number of aromatic nitrogens is 4. The average Bonchev–Trinajstić information content (AvgIpc) is 3.03. The van der Waals surface area contributed by atoms with Gasteiger partial charge in [0.25, 0.3) is 5.91 Å². The molecule has 0 radical (unpaired) electrons. The number of hydrogen-bond acceptors (Lipinski definition) is 4. The van der Waals surface area contributed by atoms with Crippen LogP contribution in [0.2, 0.25) is 0 Å². The number of aromatic amines is 3. The zero-order valence-electron chi connectivity index (χ0n) is 12.2. The summed E-state index contributed by atoms with van der Waals surface area (Å²) in [5.74, 6) is -0.331. The minimum atomic E-state index is -0.759. The topological polar surface area (TPSA) is 123 Å². The van der Waals surface area contributed by atoms with E-state index in [2.05, 4.69) is 25.5 Å². The Morgan fingerprint density at radius 2 is 1.71 bits per heavy atom. The van der Waals surface area contributed by atoms with E-state index in [1.807, 2.05) is 6.07 Å². The van der Waals surface area contributed by atoms with Crippen molar-refractivity contribution in [3.05, 3.63) is 68.9 Å². The van der Waals surface area contributed by atoms with Crippen molar-refractivity contribution >= 4 is 33.5 Å². The van der Waals surface area contributed by atoms with Crippen LogP contribution in [-0.4, -0.2) is 26.1 Å². The number of fused-ring (bicyclic) bond motifs is 2. The van der Waals surface area contributed by atoms with Crippen LogP contribution in [0.1, 0.15) is 10.4 Å². The Kier molecular flexibility index (Phi) is 3.02. The molecule has 1 amide bonds. The summed E-state index contributed by atoms with van der Waals surface area (Å²) >= 11 is 0. The number of amides is 1. The monoisotopic (exact) mass is 321 g/mol. The zero-order valence-corrected chi connectivity index (χ0v) is 12.2. The Balaban J connectivity index is 1.68. The van der Waals surface area contributed by atoms with E-state index < -0.39 is 11.1 Å². The summed E-state index contributed by atoms with van der Waals surface area (Å²) in [5, 5.41) is 10.5. The number of carbonyl (C=O) groups excluding carboxylic acids is 1. The van der Waals surface area contributed by atoms with Gasteiger partial charge >= 0.3 is 11.1 Å². The maximum absolute atomic E-state index is 12.4. The summed E-state index contributed by atoms with van der Waals surface area (Å²) in [7, 11) is 0. The number of anilines is 1. The average molecular weight is 321 g/mol. The van der Waals surface area contributed by atoms with Crippen molar-refractivity contribution in [2.45, 2.75) is 0 Å². The van der Waals surface area contributed by atoms with Gasteiger partial charge in [-0.05, 0) is 36.4 Å². The second-order valence-electron chi connectivity index (χ2n) is 5.29. The first kappa shape index (κ1) is 13.9. The lowest BCUT2D eigenvalue weighted by molar-refractivity contribution is 0.102. The van der Waals surface area contributed by atoms with Gasteiger partial charge in [0.15, 0.2) is 0 Å². The molecule has 0 atom stereocenters. The molecule has 0 unspecified atom stereocenters. The number of carbonyl (C=O) groups is 1. The van der Waals surface area contributed by atoms with Gasteiger partial charge in [-0.15, -0.1) is 0 Å². The molecule has 4 rings (SSSR count). The molecule has 2 aromatic heterocycles. The Morgan fingerprint density at radius 3 is 2.54 bits per heavy atom. The van der Waals surface area contributed by atoms with E-state index in [4.69, 9.17) is 0 Å². The lowest BCUT2D eigenvalue weighted by Gasteiger charge is -2.06. The Labute approximate surface area is 133 Å². The van der Waals surface area contributed by atoms with E-state index >= 15 is 0 Å². The van der Waals surface area contributed by atoms with Gasteiger partial charge in [0.1, 0.15) is 0 Å². The molecule has 0 fully saturated rings. The minimum Gasteiger partial charge on any atom is -0.322 e. The van der Waals surface area contributed by atoms with E-state index in [-0.39, 0.29) is 5.91 Å². The quantitative estimate of drug-likeness (QED) is 0.416. The fourth-order valence-corrected chi connectivity index (χ4v) is 2.47. The van der Waals surface area contributed by atoms with Gasteiger partial charge < -0.3 is 15.3 Å². The van der Waals surface area contributed by atoms with Crippen LogP contribution in [0.25, 0.3) is 21.9 Å². The molecule has 0 spiro atoms. The molecule has 2 heterocycles. The summed E-state index contributed by atoms with van der Waals surface area (Å²) in [6.07, 6.45) is 1.70. The highest BCUT2D eigenvalue weighted by Gasteiger charge is 2.09. The predicted octanol–water partition coefficient (Wildman–Crippen LogP) is 1.34. The van der Waals surface area contributed by atoms with E-state index in [0.29, 0.717) is 22.3 Å². The van der Waals surface area contributed by atoms with E-state index in [1.54, 1.807) is 30.5 Å². The molecular formula is C16H11N5O3. The number of rotatable bonds is 2. The Hall–Kier alpha value is -3.68. The minimum absolute atomic E-state index is 0.331. The van der Waals surface area contributed by atoms with Gasteiger partial charge in [-0.3, -0.25) is 19.5 Å². The number of nitrogens with zero attached hydrogens (tertiary/aromatic N) is 1. The molecule has 0 aliphatic carbocycles. The lowest BCUT2D eigenvalue weighted by atomic mass is 10.1. The third-order valence-electron chi connectivity index (χ3n) is 3.68. The number of H-pyrrole nitrogens is 3. The maximum Gasteiger partial charge on any atom is 0.314 e. The molecule has 0 saturated heterocycles. The fourth-order valence-electron chi connectivity index (χ4n) is 2.47. The highest BCUT2D eigenvalue weighted by Crippen LogP contribution is 2.18. The van der Waals surface area contributed by atoms with Crippen molar-refractivity contribution in [3.63, 3.8) is 0 Å². The normalized spacial score (nSPS) is 11.0. The third-order valence-corrected chi connectivity index (χ3v) is 3.68. The van der Waals surface area contributed by atoms with Crippen LogP contribution in [0.15, 0.2) is 52.2 Å². The van der Waals surface area contributed by atoms with Gasteiger partial charge in [-0.1, -0.05) is 0 Å². The molecule has 0 aliphatic rings. The van der Waals surface area contributed by atoms with Crippen molar-refractivity contribution < 1.29 is 4.79 Å². The molecular weight excluding hydrogens is 310 g/mol. The van der Waals surface area contributed by atoms with Crippen LogP contribution in [0.4, 0.5) is 5.69 Å². The zero-order chi connectivity index (χ0) is 16.7. The molecule has 0 saturated carbocycles. The largest absolute Gasteiger partial charge is 0.322 e. The smallest absolute Gasteiger partial charge is 0.314 e. The molecule has 2 aromatic carbocycles. The molecule has 8 heteroatoms. The van der Waals surface area contributed by atoms with Crippen molar-refractivity contribution in [2.75, 3.05) is 5.32 Å². The molecule has 0 aliphatic heterocycles. The SMILES string of the molecule is O=C(Nc1ccc2cn[nH]c2c1)c1ccc2[nH]c(=O)c(=O)[nH]c2c1. The van der Waals surface area contributed by atoms with Crippen molar-refractivity contribution in [3.8, 4) is 0 Å². The second-order valence-corrected chi connectivity index (χ2v) is 5.29. The van der Waals surface area contributed by atoms with E-state index in [9.17, 15) is 14.4 Å². The number of hydrogen-bond donors (Lipinski definition) is 4. The van der Waals surface area contributed by atoms with Crippen LogP contribution >= 0.6 is 0 Å². The summed E-state index contributed by atoms with van der Waals surface area (Å²) in [6, 6.07) is 10.0. The first-order valence-corrected chi connectivity index (χ1v) is 7.11. The second kappa shape index (κ2) is 5.20. The number of benzene rings is 2. The maximum atomic E-state index is 12.4. The summed E-state index contributed by atoms with van der Waals surface area (Å²) in [4.78, 5) is 40.0. The van der Waals surface area contributed by atoms with E-state index in [0.717, 1.165) is 10.9 Å². The van der Waals surface area contributed by atoms with Gasteiger partial charge in [-0.25, -0.2) is 0 Å². The number of nitrogens with one attached hydrogen (secondary N) is 4. The van der Waals surface area contributed by atoms with Crippen LogP contribution in [0.3, 0.4) is 0 Å². The molecule has 0 bridgehead atoms. The van der Waals surface area contributed by atoms with Gasteiger partial charge in [0, 0.05) is 16.6 Å². The lowest BCUT2D eigenvalue weighted by Crippen LogP contribution is -2.29. The van der Waals surface area contributed by atoms with Gasteiger partial charge in [-0.2, -0.15) is 5.10 Å². The standard InChI is InChI=1S/C16H11N5O3/c22-14(18-10-3-1-9-7-17-21-12(9)6-10)8-2-4-11-13(5-8)20-16(24)15(23)19-11/h1-7H,(H,17,21)(H,18,22)(H,19,23)(H,20,24). The molecule has 4 aromatic rings. The predicted molar refractivity (Wildman–Crippen MR) is 89.2 cm³/mol. The van der Waals surface area contributed by atoms with Crippen molar-refractivity contribution in [1.82, 2.24) is 20.2 Å². The van der Waals surface area contributed by atoms with Gasteiger partial charge in [0.2, 0.25) is 0 Å². The first-order valence-electron chi connectivity index (χ1n) is 7.11. The summed E-state index contributed by atoms with van der Waals surface area (Å²) < 4.78 is 0. The fraction of sp³-hybridized carbons (Fsp3) is 0. The van der Waals surface area contributed by atoms with Crippen LogP contribution < -0.4 is 16.4 Å². The van der Waals surface area contributed by atoms with Crippen LogP contribution in [0, 0.1) is 0 Å². The highest BCUT2D eigenvalue weighted by atomic mass is 16.2. The summed E-state index contributed by atoms with van der Waals surface area (Å²) in [6.45, 7) is 0. The first-order chi connectivity index (χ1) is 11.6.